The first-order chi connectivity index (χ1) is 13.6. The lowest BCUT2D eigenvalue weighted by atomic mass is 10.2. The molecule has 144 valence electrons. The summed E-state index contributed by atoms with van der Waals surface area (Å²) in [7, 11) is 0. The number of nitrogens with two attached hydrogens (primary N) is 1. The molecule has 0 radical (unpaired) electrons. The summed E-state index contributed by atoms with van der Waals surface area (Å²) in [6.07, 6.45) is 0. The average molecular weight is 422 g/mol. The standard InChI is InChI=1S/C16H12F2N6O2S2/c17-15(18)25-11-3-1-9(2-4-11)14-21-22-16(24(14)19)28-8-12-20-13(23-26-12)10-5-6-27-7-10/h1-7,15H,8,19H2. The van der Waals surface area contributed by atoms with E-state index in [-0.39, 0.29) is 5.75 Å². The van der Waals surface area contributed by atoms with Gasteiger partial charge in [0.2, 0.25) is 16.9 Å². The number of aromatic nitrogens is 5. The zero-order chi connectivity index (χ0) is 19.5. The molecule has 12 heteroatoms. The number of nitrogens with zero attached hydrogens (tertiary/aromatic N) is 5. The quantitative estimate of drug-likeness (QED) is 0.355. The van der Waals surface area contributed by atoms with Crippen molar-refractivity contribution in [2.75, 3.05) is 5.84 Å². The summed E-state index contributed by atoms with van der Waals surface area (Å²) in [4.78, 5) is 4.33. The largest absolute Gasteiger partial charge is 0.435 e. The molecular formula is C16H12F2N6O2S2. The molecule has 0 aliphatic heterocycles. The molecule has 0 unspecified atom stereocenters. The minimum Gasteiger partial charge on any atom is -0.435 e. The lowest BCUT2D eigenvalue weighted by molar-refractivity contribution is -0.0498. The van der Waals surface area contributed by atoms with E-state index in [1.54, 1.807) is 23.5 Å². The molecular weight excluding hydrogens is 410 g/mol. The first kappa shape index (κ1) is 18.4. The van der Waals surface area contributed by atoms with E-state index in [2.05, 4.69) is 25.1 Å². The molecule has 0 atom stereocenters. The van der Waals surface area contributed by atoms with Gasteiger partial charge < -0.3 is 15.1 Å². The molecule has 3 aromatic heterocycles. The molecule has 3 heterocycles. The van der Waals surface area contributed by atoms with Crippen molar-refractivity contribution in [2.45, 2.75) is 17.5 Å². The number of rotatable bonds is 7. The smallest absolute Gasteiger partial charge is 0.387 e. The van der Waals surface area contributed by atoms with Gasteiger partial charge in [-0.15, -0.1) is 10.2 Å². The van der Waals surface area contributed by atoms with E-state index in [0.717, 1.165) is 5.56 Å². The molecule has 2 N–H and O–H groups in total. The monoisotopic (exact) mass is 422 g/mol. The van der Waals surface area contributed by atoms with Crippen LogP contribution in [0.4, 0.5) is 8.78 Å². The number of thioether (sulfide) groups is 1. The molecule has 4 aromatic rings. The first-order valence-corrected chi connectivity index (χ1v) is 9.76. The second-order valence-corrected chi connectivity index (χ2v) is 7.11. The number of hydrogen-bond donors (Lipinski definition) is 1. The van der Waals surface area contributed by atoms with Gasteiger partial charge in [0.25, 0.3) is 0 Å². The number of nitrogen functional groups attached to an aromatic ring is 1. The van der Waals surface area contributed by atoms with Crippen LogP contribution in [-0.4, -0.2) is 31.6 Å². The van der Waals surface area contributed by atoms with Gasteiger partial charge in [0.15, 0.2) is 5.82 Å². The van der Waals surface area contributed by atoms with Crippen LogP contribution in [0.5, 0.6) is 5.75 Å². The summed E-state index contributed by atoms with van der Waals surface area (Å²) in [5.41, 5.74) is 1.51. The normalized spacial score (nSPS) is 11.2. The fraction of sp³-hybridized carbons (Fsp3) is 0.125. The zero-order valence-electron chi connectivity index (χ0n) is 14.0. The number of ether oxygens (including phenoxy) is 1. The molecule has 0 saturated heterocycles. The Morgan fingerprint density at radius 1 is 1.18 bits per heavy atom. The van der Waals surface area contributed by atoms with Crippen molar-refractivity contribution in [2.24, 2.45) is 0 Å². The molecule has 0 fully saturated rings. The molecule has 0 aliphatic rings. The molecule has 0 spiro atoms. The van der Waals surface area contributed by atoms with Gasteiger partial charge in [-0.05, 0) is 35.7 Å². The van der Waals surface area contributed by atoms with Gasteiger partial charge in [-0.1, -0.05) is 16.9 Å². The van der Waals surface area contributed by atoms with Gasteiger partial charge in [-0.25, -0.2) is 4.68 Å². The average Bonchev–Trinajstić information content (AvgIpc) is 3.41. The summed E-state index contributed by atoms with van der Waals surface area (Å²) in [5.74, 6) is 7.82. The van der Waals surface area contributed by atoms with Crippen molar-refractivity contribution in [1.29, 1.82) is 0 Å². The minimum atomic E-state index is -2.88. The Hall–Kier alpha value is -2.99. The van der Waals surface area contributed by atoms with Crippen LogP contribution in [0.2, 0.25) is 0 Å². The van der Waals surface area contributed by atoms with Crippen molar-refractivity contribution < 1.29 is 18.0 Å². The van der Waals surface area contributed by atoms with Crippen LogP contribution in [0.25, 0.3) is 22.8 Å². The Bertz CT molecular complexity index is 1050. The highest BCUT2D eigenvalue weighted by Crippen LogP contribution is 2.26. The van der Waals surface area contributed by atoms with E-state index in [4.69, 9.17) is 10.4 Å². The van der Waals surface area contributed by atoms with Crippen LogP contribution in [0.3, 0.4) is 0 Å². The number of thiophene rings is 1. The third-order valence-electron chi connectivity index (χ3n) is 3.57. The van der Waals surface area contributed by atoms with Crippen molar-refractivity contribution in [1.82, 2.24) is 25.0 Å². The van der Waals surface area contributed by atoms with Crippen molar-refractivity contribution >= 4 is 23.1 Å². The lowest BCUT2D eigenvalue weighted by Gasteiger charge is -2.06. The molecule has 0 aliphatic carbocycles. The fourth-order valence-electron chi connectivity index (χ4n) is 2.31. The predicted molar refractivity (Wildman–Crippen MR) is 99.4 cm³/mol. The SMILES string of the molecule is Nn1c(SCc2nc(-c3ccsc3)no2)nnc1-c1ccc(OC(F)F)cc1. The highest BCUT2D eigenvalue weighted by atomic mass is 32.2. The highest BCUT2D eigenvalue weighted by molar-refractivity contribution is 7.98. The summed E-state index contributed by atoms with van der Waals surface area (Å²) in [6.45, 7) is -2.88. The van der Waals surface area contributed by atoms with E-state index in [1.165, 1.54) is 28.6 Å². The third kappa shape index (κ3) is 3.97. The van der Waals surface area contributed by atoms with Gasteiger partial charge in [0.1, 0.15) is 5.75 Å². The summed E-state index contributed by atoms with van der Waals surface area (Å²) in [5, 5.41) is 16.3. The van der Waals surface area contributed by atoms with Gasteiger partial charge in [-0.3, -0.25) is 0 Å². The first-order valence-electron chi connectivity index (χ1n) is 7.84. The maximum atomic E-state index is 12.2. The fourth-order valence-corrected chi connectivity index (χ4v) is 3.63. The Kier molecular flexibility index (Phi) is 5.21. The highest BCUT2D eigenvalue weighted by Gasteiger charge is 2.15. The Morgan fingerprint density at radius 3 is 2.71 bits per heavy atom. The van der Waals surface area contributed by atoms with Crippen molar-refractivity contribution in [3.05, 3.63) is 47.0 Å². The van der Waals surface area contributed by atoms with Crippen LogP contribution in [0.1, 0.15) is 5.89 Å². The topological polar surface area (TPSA) is 105 Å². The van der Waals surface area contributed by atoms with E-state index in [0.29, 0.717) is 34.0 Å². The van der Waals surface area contributed by atoms with E-state index >= 15 is 0 Å². The third-order valence-corrected chi connectivity index (χ3v) is 5.19. The van der Waals surface area contributed by atoms with Crippen LogP contribution in [0.15, 0.2) is 50.8 Å². The molecule has 0 amide bonds. The summed E-state index contributed by atoms with van der Waals surface area (Å²) < 4.78 is 35.3. The van der Waals surface area contributed by atoms with E-state index in [9.17, 15) is 8.78 Å². The molecule has 28 heavy (non-hydrogen) atoms. The Morgan fingerprint density at radius 2 is 2.00 bits per heavy atom. The lowest BCUT2D eigenvalue weighted by Crippen LogP contribution is -2.11. The summed E-state index contributed by atoms with van der Waals surface area (Å²) in [6, 6.07) is 7.88. The number of hydrogen-bond acceptors (Lipinski definition) is 9. The number of alkyl halides is 2. The molecule has 4 rings (SSSR count). The zero-order valence-corrected chi connectivity index (χ0v) is 15.7. The molecule has 8 nitrogen and oxygen atoms in total. The molecule has 0 bridgehead atoms. The van der Waals surface area contributed by atoms with Gasteiger partial charge in [-0.2, -0.15) is 25.1 Å². The maximum Gasteiger partial charge on any atom is 0.387 e. The van der Waals surface area contributed by atoms with E-state index < -0.39 is 6.61 Å². The van der Waals surface area contributed by atoms with Gasteiger partial charge >= 0.3 is 6.61 Å². The van der Waals surface area contributed by atoms with Crippen LogP contribution in [-0.2, 0) is 5.75 Å². The van der Waals surface area contributed by atoms with Gasteiger partial charge in [0.05, 0.1) is 5.75 Å². The van der Waals surface area contributed by atoms with Crippen LogP contribution >= 0.6 is 23.1 Å². The van der Waals surface area contributed by atoms with Crippen molar-refractivity contribution in [3.8, 4) is 28.5 Å². The second kappa shape index (κ2) is 7.94. The molecule has 0 saturated carbocycles. The summed E-state index contributed by atoms with van der Waals surface area (Å²) >= 11 is 2.83. The number of halogens is 2. The Balaban J connectivity index is 1.44. The van der Waals surface area contributed by atoms with Crippen LogP contribution in [0, 0.1) is 0 Å². The predicted octanol–water partition coefficient (Wildman–Crippen LogP) is 3.66. The minimum absolute atomic E-state index is 0.0502. The Labute approximate surface area is 165 Å². The van der Waals surface area contributed by atoms with Crippen LogP contribution < -0.4 is 10.6 Å². The van der Waals surface area contributed by atoms with Crippen molar-refractivity contribution in [3.63, 3.8) is 0 Å². The second-order valence-electron chi connectivity index (χ2n) is 5.39. The van der Waals surface area contributed by atoms with E-state index in [1.807, 2.05) is 16.8 Å². The number of benzene rings is 1. The maximum absolute atomic E-state index is 12.2. The molecule has 1 aromatic carbocycles. The van der Waals surface area contributed by atoms with Gasteiger partial charge in [0, 0.05) is 16.5 Å².